The average molecular weight is 250 g/mol. The van der Waals surface area contributed by atoms with Crippen molar-refractivity contribution in [1.82, 2.24) is 0 Å². The molecule has 0 radical (unpaired) electrons. The molecule has 1 aromatic rings. The van der Waals surface area contributed by atoms with Crippen LogP contribution in [0.15, 0.2) is 24.3 Å². The van der Waals surface area contributed by atoms with Gasteiger partial charge >= 0.3 is 0 Å². The summed E-state index contributed by atoms with van der Waals surface area (Å²) in [5.41, 5.74) is -0.304. The number of anilines is 1. The minimum atomic E-state index is -1.02. The van der Waals surface area contributed by atoms with Crippen LogP contribution in [0.4, 0.5) is 5.69 Å². The molecule has 0 heterocycles. The van der Waals surface area contributed by atoms with Gasteiger partial charge in [-0.05, 0) is 19.1 Å². The van der Waals surface area contributed by atoms with Gasteiger partial charge in [0.1, 0.15) is 5.75 Å². The second-order valence-electron chi connectivity index (χ2n) is 3.94. The molecule has 0 aromatic heterocycles. The molecule has 18 heavy (non-hydrogen) atoms. The van der Waals surface area contributed by atoms with E-state index in [1.54, 1.807) is 14.0 Å². The van der Waals surface area contributed by atoms with Crippen LogP contribution in [0.25, 0.3) is 0 Å². The quantitative estimate of drug-likeness (QED) is 0.782. The van der Waals surface area contributed by atoms with Crippen LogP contribution in [0, 0.1) is 11.3 Å². The third kappa shape index (κ3) is 2.92. The number of para-hydroxylation sites is 2. The SMILES string of the molecule is COc1ccccc1NC(C)(C#N)C(OC)OC. The van der Waals surface area contributed by atoms with Gasteiger partial charge < -0.3 is 19.5 Å². The van der Waals surface area contributed by atoms with Gasteiger partial charge in [0.25, 0.3) is 0 Å². The first-order valence-electron chi connectivity index (χ1n) is 5.49. The van der Waals surface area contributed by atoms with E-state index < -0.39 is 11.8 Å². The van der Waals surface area contributed by atoms with Crippen LogP contribution in [-0.2, 0) is 9.47 Å². The van der Waals surface area contributed by atoms with E-state index in [0.717, 1.165) is 0 Å². The van der Waals surface area contributed by atoms with Gasteiger partial charge in [0.15, 0.2) is 11.8 Å². The van der Waals surface area contributed by atoms with Gasteiger partial charge in [0.2, 0.25) is 0 Å². The number of rotatable bonds is 6. The molecular weight excluding hydrogens is 232 g/mol. The third-order valence-electron chi connectivity index (χ3n) is 2.63. The lowest BCUT2D eigenvalue weighted by Crippen LogP contribution is -2.47. The van der Waals surface area contributed by atoms with Crippen LogP contribution >= 0.6 is 0 Å². The molecule has 0 saturated heterocycles. The number of nitriles is 1. The largest absolute Gasteiger partial charge is 0.495 e. The van der Waals surface area contributed by atoms with Gasteiger partial charge in [-0.2, -0.15) is 5.26 Å². The first kappa shape index (κ1) is 14.3. The molecule has 0 aliphatic rings. The fourth-order valence-electron chi connectivity index (χ4n) is 1.73. The van der Waals surface area contributed by atoms with Crippen molar-refractivity contribution in [3.05, 3.63) is 24.3 Å². The van der Waals surface area contributed by atoms with Crippen molar-refractivity contribution in [3.63, 3.8) is 0 Å². The fraction of sp³-hybridized carbons (Fsp3) is 0.462. The Labute approximate surface area is 107 Å². The number of methoxy groups -OCH3 is 3. The number of hydrogen-bond acceptors (Lipinski definition) is 5. The highest BCUT2D eigenvalue weighted by Gasteiger charge is 2.35. The standard InChI is InChI=1S/C13H18N2O3/c1-13(9-14,12(17-3)18-4)15-10-7-5-6-8-11(10)16-2/h5-8,12,15H,1-4H3. The lowest BCUT2D eigenvalue weighted by atomic mass is 10.0. The van der Waals surface area contributed by atoms with Crippen molar-refractivity contribution < 1.29 is 14.2 Å². The minimum absolute atomic E-state index is 0.657. The molecule has 1 N–H and O–H groups in total. The number of nitrogens with one attached hydrogen (secondary N) is 1. The lowest BCUT2D eigenvalue weighted by molar-refractivity contribution is -0.124. The minimum Gasteiger partial charge on any atom is -0.495 e. The molecule has 1 atom stereocenters. The van der Waals surface area contributed by atoms with Crippen LogP contribution in [0.5, 0.6) is 5.75 Å². The maximum atomic E-state index is 9.33. The molecule has 5 nitrogen and oxygen atoms in total. The summed E-state index contributed by atoms with van der Waals surface area (Å²) in [4.78, 5) is 0. The highest BCUT2D eigenvalue weighted by atomic mass is 16.7. The zero-order chi connectivity index (χ0) is 13.6. The number of benzene rings is 1. The van der Waals surface area contributed by atoms with Crippen molar-refractivity contribution in [2.24, 2.45) is 0 Å². The Balaban J connectivity index is 3.02. The summed E-state index contributed by atoms with van der Waals surface area (Å²) in [7, 11) is 4.57. The van der Waals surface area contributed by atoms with Crippen molar-refractivity contribution >= 4 is 5.69 Å². The molecule has 0 aliphatic carbocycles. The number of ether oxygens (including phenoxy) is 3. The maximum absolute atomic E-state index is 9.33. The van der Waals surface area contributed by atoms with E-state index in [2.05, 4.69) is 11.4 Å². The van der Waals surface area contributed by atoms with E-state index in [0.29, 0.717) is 11.4 Å². The summed E-state index contributed by atoms with van der Waals surface area (Å²) in [6, 6.07) is 9.53. The summed E-state index contributed by atoms with van der Waals surface area (Å²) in [5, 5.41) is 12.4. The molecule has 0 bridgehead atoms. The number of hydrogen-bond donors (Lipinski definition) is 1. The van der Waals surface area contributed by atoms with E-state index in [4.69, 9.17) is 14.2 Å². The third-order valence-corrected chi connectivity index (χ3v) is 2.63. The normalized spacial score (nSPS) is 13.8. The Bertz CT molecular complexity index is 426. The van der Waals surface area contributed by atoms with E-state index in [1.807, 2.05) is 24.3 Å². The average Bonchev–Trinajstić information content (AvgIpc) is 2.40. The Hall–Kier alpha value is -1.77. The highest BCUT2D eigenvalue weighted by Crippen LogP contribution is 2.28. The molecule has 1 aromatic carbocycles. The number of nitrogens with zero attached hydrogens (tertiary/aromatic N) is 1. The monoisotopic (exact) mass is 250 g/mol. The molecule has 98 valence electrons. The van der Waals surface area contributed by atoms with E-state index >= 15 is 0 Å². The van der Waals surface area contributed by atoms with Gasteiger partial charge in [0.05, 0.1) is 18.9 Å². The van der Waals surface area contributed by atoms with Gasteiger partial charge in [-0.15, -0.1) is 0 Å². The predicted molar refractivity (Wildman–Crippen MR) is 68.4 cm³/mol. The second kappa shape index (κ2) is 6.24. The molecule has 0 saturated carbocycles. The summed E-state index contributed by atoms with van der Waals surface area (Å²) >= 11 is 0. The van der Waals surface area contributed by atoms with Crippen LogP contribution < -0.4 is 10.1 Å². The molecule has 0 aliphatic heterocycles. The first-order chi connectivity index (χ1) is 8.61. The molecule has 0 fully saturated rings. The highest BCUT2D eigenvalue weighted by molar-refractivity contribution is 5.58. The lowest BCUT2D eigenvalue weighted by Gasteiger charge is -2.31. The van der Waals surface area contributed by atoms with Crippen molar-refractivity contribution in [2.45, 2.75) is 18.8 Å². The second-order valence-corrected chi connectivity index (χ2v) is 3.94. The van der Waals surface area contributed by atoms with Crippen LogP contribution in [0.2, 0.25) is 0 Å². The Morgan fingerprint density at radius 2 is 1.83 bits per heavy atom. The topological polar surface area (TPSA) is 63.5 Å². The summed E-state index contributed by atoms with van der Waals surface area (Å²) in [6.45, 7) is 1.71. The molecule has 1 unspecified atom stereocenters. The van der Waals surface area contributed by atoms with Crippen molar-refractivity contribution in [1.29, 1.82) is 5.26 Å². The smallest absolute Gasteiger partial charge is 0.193 e. The Morgan fingerprint density at radius 1 is 1.22 bits per heavy atom. The molecule has 5 heteroatoms. The predicted octanol–water partition coefficient (Wildman–Crippen LogP) is 2.01. The van der Waals surface area contributed by atoms with Crippen molar-refractivity contribution in [3.8, 4) is 11.8 Å². The van der Waals surface area contributed by atoms with Crippen LogP contribution in [0.1, 0.15) is 6.92 Å². The Morgan fingerprint density at radius 3 is 2.33 bits per heavy atom. The maximum Gasteiger partial charge on any atom is 0.193 e. The van der Waals surface area contributed by atoms with Gasteiger partial charge in [-0.25, -0.2) is 0 Å². The summed E-state index contributed by atoms with van der Waals surface area (Å²) < 4.78 is 15.5. The van der Waals surface area contributed by atoms with Crippen LogP contribution in [0.3, 0.4) is 0 Å². The summed E-state index contributed by atoms with van der Waals surface area (Å²) in [6.07, 6.45) is -0.688. The summed E-state index contributed by atoms with van der Waals surface area (Å²) in [5.74, 6) is 0.657. The van der Waals surface area contributed by atoms with Gasteiger partial charge in [0, 0.05) is 14.2 Å². The molecule has 0 amide bonds. The van der Waals surface area contributed by atoms with Crippen molar-refractivity contribution in [2.75, 3.05) is 26.6 Å². The zero-order valence-corrected chi connectivity index (χ0v) is 11.1. The van der Waals surface area contributed by atoms with Gasteiger partial charge in [-0.3, -0.25) is 0 Å². The molecular formula is C13H18N2O3. The van der Waals surface area contributed by atoms with E-state index in [-0.39, 0.29) is 0 Å². The van der Waals surface area contributed by atoms with E-state index in [9.17, 15) is 5.26 Å². The zero-order valence-electron chi connectivity index (χ0n) is 11.1. The first-order valence-corrected chi connectivity index (χ1v) is 5.49. The Kier molecular flexibility index (Phi) is 4.95. The van der Waals surface area contributed by atoms with E-state index in [1.165, 1.54) is 14.2 Å². The van der Waals surface area contributed by atoms with Gasteiger partial charge in [-0.1, -0.05) is 12.1 Å². The fourth-order valence-corrected chi connectivity index (χ4v) is 1.73. The molecule has 0 spiro atoms. The van der Waals surface area contributed by atoms with Crippen LogP contribution in [-0.4, -0.2) is 33.2 Å². The molecule has 1 rings (SSSR count).